The third-order valence-corrected chi connectivity index (χ3v) is 3.69. The van der Waals surface area contributed by atoms with E-state index in [4.69, 9.17) is 4.74 Å². The summed E-state index contributed by atoms with van der Waals surface area (Å²) in [6, 6.07) is 2.24. The molecule has 1 aromatic rings. The van der Waals surface area contributed by atoms with Crippen molar-refractivity contribution < 1.29 is 4.74 Å². The van der Waals surface area contributed by atoms with Crippen molar-refractivity contribution in [1.29, 1.82) is 0 Å². The Balaban J connectivity index is 2.16. The first-order valence-corrected chi connectivity index (χ1v) is 4.99. The van der Waals surface area contributed by atoms with Crippen LogP contribution in [0.3, 0.4) is 0 Å². The maximum atomic E-state index is 5.53. The maximum Gasteiger partial charge on any atom is 0.118 e. The summed E-state index contributed by atoms with van der Waals surface area (Å²) in [5, 5.41) is 2.19. The second-order valence-electron chi connectivity index (χ2n) is 3.39. The van der Waals surface area contributed by atoms with E-state index in [2.05, 4.69) is 11.4 Å². The molecule has 11 heavy (non-hydrogen) atoms. The van der Waals surface area contributed by atoms with Crippen molar-refractivity contribution in [2.45, 2.75) is 24.9 Å². The molecule has 0 saturated carbocycles. The highest BCUT2D eigenvalue weighted by molar-refractivity contribution is 7.10. The van der Waals surface area contributed by atoms with Gasteiger partial charge >= 0.3 is 0 Å². The maximum absolute atomic E-state index is 5.53. The fourth-order valence-corrected chi connectivity index (χ4v) is 3.01. The van der Waals surface area contributed by atoms with Crippen LogP contribution in [0.5, 0.6) is 0 Å². The Labute approximate surface area is 70.0 Å². The molecule has 0 aromatic carbocycles. The molecule has 0 N–H and O–H groups in total. The van der Waals surface area contributed by atoms with Crippen molar-refractivity contribution in [3.8, 4) is 0 Å². The van der Waals surface area contributed by atoms with Gasteiger partial charge in [0.15, 0.2) is 0 Å². The fraction of sp³-hybridized carbons (Fsp3) is 0.556. The van der Waals surface area contributed by atoms with E-state index >= 15 is 0 Å². The van der Waals surface area contributed by atoms with Gasteiger partial charge in [-0.2, -0.15) is 0 Å². The Kier molecular flexibility index (Phi) is 1.06. The second kappa shape index (κ2) is 1.87. The van der Waals surface area contributed by atoms with Gasteiger partial charge in [0.25, 0.3) is 0 Å². The highest BCUT2D eigenvalue weighted by atomic mass is 32.1. The van der Waals surface area contributed by atoms with Gasteiger partial charge in [-0.05, 0) is 36.3 Å². The summed E-state index contributed by atoms with van der Waals surface area (Å²) in [5.41, 5.74) is 1.70. The van der Waals surface area contributed by atoms with E-state index < -0.39 is 0 Å². The van der Waals surface area contributed by atoms with E-state index in [1.807, 2.05) is 11.3 Å². The van der Waals surface area contributed by atoms with E-state index in [9.17, 15) is 0 Å². The smallest absolute Gasteiger partial charge is 0.118 e. The molecule has 2 aliphatic rings. The van der Waals surface area contributed by atoms with Crippen molar-refractivity contribution in [3.05, 3.63) is 21.9 Å². The molecule has 1 aliphatic heterocycles. The lowest BCUT2D eigenvalue weighted by Crippen LogP contribution is -2.14. The minimum absolute atomic E-state index is 0.202. The molecule has 1 unspecified atom stereocenters. The molecule has 3 rings (SSSR count). The summed E-state index contributed by atoms with van der Waals surface area (Å²) in [6.07, 6.45) is 3.84. The molecule has 2 heteroatoms. The molecule has 1 fully saturated rings. The van der Waals surface area contributed by atoms with E-state index in [1.165, 1.54) is 24.8 Å². The van der Waals surface area contributed by atoms with Crippen LogP contribution in [0.2, 0.25) is 0 Å². The molecule has 1 nitrogen and oxygen atoms in total. The van der Waals surface area contributed by atoms with E-state index in [0.29, 0.717) is 0 Å². The third kappa shape index (κ3) is 0.741. The molecule has 2 heterocycles. The summed E-state index contributed by atoms with van der Waals surface area (Å²) in [6.45, 7) is 0.969. The normalized spacial score (nSPS) is 33.8. The summed E-state index contributed by atoms with van der Waals surface area (Å²) >= 11 is 1.89. The van der Waals surface area contributed by atoms with Crippen molar-refractivity contribution in [2.24, 2.45) is 0 Å². The molecule has 0 bridgehead atoms. The van der Waals surface area contributed by atoms with E-state index in [-0.39, 0.29) is 5.60 Å². The Morgan fingerprint density at radius 2 is 2.45 bits per heavy atom. The molecule has 1 spiro atoms. The highest BCUT2D eigenvalue weighted by Crippen LogP contribution is 2.49. The molecule has 0 radical (unpaired) electrons. The van der Waals surface area contributed by atoms with Crippen LogP contribution in [0, 0.1) is 0 Å². The Morgan fingerprint density at radius 1 is 1.55 bits per heavy atom. The number of hydrogen-bond donors (Lipinski definition) is 0. The molecular formula is C9H10OS. The SMILES string of the molecule is c1cc2c(s1)CCCC21CO1. The average Bonchev–Trinajstić information content (AvgIpc) is 2.63. The van der Waals surface area contributed by atoms with Gasteiger partial charge in [0.05, 0.1) is 6.61 Å². The van der Waals surface area contributed by atoms with Crippen LogP contribution in [-0.4, -0.2) is 6.61 Å². The Bertz CT molecular complexity index is 286. The fourth-order valence-electron chi connectivity index (χ4n) is 2.00. The van der Waals surface area contributed by atoms with Crippen molar-refractivity contribution in [3.63, 3.8) is 0 Å². The van der Waals surface area contributed by atoms with Gasteiger partial charge in [-0.15, -0.1) is 11.3 Å². The zero-order valence-corrected chi connectivity index (χ0v) is 7.12. The molecule has 1 aliphatic carbocycles. The summed E-state index contributed by atoms with van der Waals surface area (Å²) in [5.74, 6) is 0. The van der Waals surface area contributed by atoms with Crippen molar-refractivity contribution in [1.82, 2.24) is 0 Å². The van der Waals surface area contributed by atoms with Crippen LogP contribution in [0.15, 0.2) is 11.4 Å². The van der Waals surface area contributed by atoms with Gasteiger partial charge in [-0.1, -0.05) is 0 Å². The Morgan fingerprint density at radius 3 is 3.27 bits per heavy atom. The first-order valence-electron chi connectivity index (χ1n) is 4.12. The van der Waals surface area contributed by atoms with Crippen molar-refractivity contribution in [2.75, 3.05) is 6.61 Å². The number of ether oxygens (including phenoxy) is 1. The van der Waals surface area contributed by atoms with Crippen LogP contribution in [0.4, 0.5) is 0 Å². The minimum atomic E-state index is 0.202. The van der Waals surface area contributed by atoms with Crippen LogP contribution in [-0.2, 0) is 16.8 Å². The zero-order valence-electron chi connectivity index (χ0n) is 6.30. The van der Waals surface area contributed by atoms with Crippen LogP contribution >= 0.6 is 11.3 Å². The predicted octanol–water partition coefficient (Wildman–Crippen LogP) is 2.31. The van der Waals surface area contributed by atoms with Gasteiger partial charge in [-0.3, -0.25) is 0 Å². The first kappa shape index (κ1) is 6.21. The predicted molar refractivity (Wildman–Crippen MR) is 44.9 cm³/mol. The lowest BCUT2D eigenvalue weighted by atomic mass is 9.88. The third-order valence-electron chi connectivity index (χ3n) is 2.71. The molecular weight excluding hydrogens is 156 g/mol. The lowest BCUT2D eigenvalue weighted by molar-refractivity contribution is 0.278. The zero-order chi connectivity index (χ0) is 7.31. The molecule has 0 amide bonds. The van der Waals surface area contributed by atoms with Crippen molar-refractivity contribution >= 4 is 11.3 Å². The van der Waals surface area contributed by atoms with Crippen LogP contribution in [0.25, 0.3) is 0 Å². The molecule has 1 atom stereocenters. The number of hydrogen-bond acceptors (Lipinski definition) is 2. The Hall–Kier alpha value is -0.340. The second-order valence-corrected chi connectivity index (χ2v) is 4.39. The standard InChI is InChI=1S/C9H10OS/c1-2-8-7(3-5-11-8)9(4-1)6-10-9/h3,5H,1-2,4,6H2. The topological polar surface area (TPSA) is 12.5 Å². The first-order chi connectivity index (χ1) is 5.41. The lowest BCUT2D eigenvalue weighted by Gasteiger charge is -2.17. The monoisotopic (exact) mass is 166 g/mol. The van der Waals surface area contributed by atoms with Crippen LogP contribution in [0.1, 0.15) is 23.3 Å². The molecule has 1 saturated heterocycles. The van der Waals surface area contributed by atoms with Gasteiger partial charge in [0, 0.05) is 4.88 Å². The number of aryl methyl sites for hydroxylation is 1. The number of thiophene rings is 1. The quantitative estimate of drug-likeness (QED) is 0.539. The van der Waals surface area contributed by atoms with Gasteiger partial charge in [0.2, 0.25) is 0 Å². The van der Waals surface area contributed by atoms with E-state index in [1.54, 1.807) is 4.88 Å². The summed E-state index contributed by atoms with van der Waals surface area (Å²) < 4.78 is 5.53. The number of rotatable bonds is 0. The van der Waals surface area contributed by atoms with Gasteiger partial charge in [0.1, 0.15) is 5.60 Å². The minimum Gasteiger partial charge on any atom is -0.364 e. The number of fused-ring (bicyclic) bond motifs is 2. The summed E-state index contributed by atoms with van der Waals surface area (Å²) in [7, 11) is 0. The number of epoxide rings is 1. The molecule has 58 valence electrons. The summed E-state index contributed by atoms with van der Waals surface area (Å²) in [4.78, 5) is 1.56. The van der Waals surface area contributed by atoms with Gasteiger partial charge in [-0.25, -0.2) is 0 Å². The van der Waals surface area contributed by atoms with Crippen LogP contribution < -0.4 is 0 Å². The van der Waals surface area contributed by atoms with E-state index in [0.717, 1.165) is 6.61 Å². The average molecular weight is 166 g/mol. The highest BCUT2D eigenvalue weighted by Gasteiger charge is 2.49. The van der Waals surface area contributed by atoms with Gasteiger partial charge < -0.3 is 4.74 Å². The molecule has 1 aromatic heterocycles. The largest absolute Gasteiger partial charge is 0.364 e.